The first-order valence-electron chi connectivity index (χ1n) is 4.39. The van der Waals surface area contributed by atoms with Gasteiger partial charge in [0.05, 0.1) is 12.6 Å². The molecule has 0 fully saturated rings. The van der Waals surface area contributed by atoms with Gasteiger partial charge in [0, 0.05) is 18.8 Å². The van der Waals surface area contributed by atoms with Crippen molar-refractivity contribution in [1.29, 1.82) is 0 Å². The molecule has 0 amide bonds. The third kappa shape index (κ3) is 2.56. The lowest BCUT2D eigenvalue weighted by Crippen LogP contribution is -2.32. The Bertz CT molecular complexity index is 299. The molecule has 0 bridgehead atoms. The normalized spacial score (nSPS) is 12.6. The minimum Gasteiger partial charge on any atom is -0.394 e. The number of aryl methyl sites for hydroxylation is 1. The molecule has 1 rings (SSSR count). The van der Waals surface area contributed by atoms with Gasteiger partial charge in [0.15, 0.2) is 0 Å². The highest BCUT2D eigenvalue weighted by molar-refractivity contribution is 6.28. The molecule has 1 heterocycles. The van der Waals surface area contributed by atoms with Crippen LogP contribution in [0, 0.1) is 6.92 Å². The molecule has 0 spiro atoms. The minimum atomic E-state index is 0.0142. The third-order valence-electron chi connectivity index (χ3n) is 2.10. The quantitative estimate of drug-likeness (QED) is 0.772. The van der Waals surface area contributed by atoms with Gasteiger partial charge in [-0.25, -0.2) is 9.97 Å². The molecule has 1 aromatic rings. The second kappa shape index (κ2) is 4.57. The number of rotatable bonds is 3. The molecule has 5 heteroatoms. The van der Waals surface area contributed by atoms with Crippen LogP contribution < -0.4 is 4.90 Å². The van der Waals surface area contributed by atoms with Gasteiger partial charge in [0.2, 0.25) is 5.28 Å². The summed E-state index contributed by atoms with van der Waals surface area (Å²) in [5.74, 6) is 0.726. The fraction of sp³-hybridized carbons (Fsp3) is 0.556. The number of halogens is 1. The van der Waals surface area contributed by atoms with Gasteiger partial charge in [-0.2, -0.15) is 0 Å². The summed E-state index contributed by atoms with van der Waals surface area (Å²) in [6, 6.07) is 1.85. The Labute approximate surface area is 88.6 Å². The molecule has 0 aromatic carbocycles. The summed E-state index contributed by atoms with van der Waals surface area (Å²) in [5.41, 5.74) is 0.817. The van der Waals surface area contributed by atoms with Gasteiger partial charge in [0.25, 0.3) is 0 Å². The number of likely N-dealkylation sites (N-methyl/N-ethyl adjacent to an activating group) is 1. The number of hydrogen-bond acceptors (Lipinski definition) is 4. The van der Waals surface area contributed by atoms with Gasteiger partial charge >= 0.3 is 0 Å². The zero-order chi connectivity index (χ0) is 10.7. The topological polar surface area (TPSA) is 49.2 Å². The maximum atomic E-state index is 8.99. The molecule has 0 saturated carbocycles. The van der Waals surface area contributed by atoms with E-state index in [4.69, 9.17) is 16.7 Å². The number of aliphatic hydroxyl groups is 1. The van der Waals surface area contributed by atoms with Crippen LogP contribution in [0.15, 0.2) is 6.07 Å². The van der Waals surface area contributed by atoms with Crippen LogP contribution in [0.2, 0.25) is 5.28 Å². The van der Waals surface area contributed by atoms with Crippen molar-refractivity contribution in [2.24, 2.45) is 0 Å². The fourth-order valence-corrected chi connectivity index (χ4v) is 1.27. The molecule has 0 aliphatic rings. The average molecular weight is 216 g/mol. The van der Waals surface area contributed by atoms with Gasteiger partial charge in [-0.1, -0.05) is 0 Å². The first-order chi connectivity index (χ1) is 6.54. The van der Waals surface area contributed by atoms with Crippen LogP contribution in [0.1, 0.15) is 12.6 Å². The van der Waals surface area contributed by atoms with Crippen molar-refractivity contribution in [1.82, 2.24) is 9.97 Å². The summed E-state index contributed by atoms with van der Waals surface area (Å²) in [5, 5.41) is 9.22. The van der Waals surface area contributed by atoms with E-state index in [1.165, 1.54) is 0 Å². The standard InChI is InChI=1S/C9H14ClN3O/c1-6-4-8(12-9(10)11-6)13(3)7(2)5-14/h4,7,14H,5H2,1-3H3. The van der Waals surface area contributed by atoms with E-state index in [-0.39, 0.29) is 17.9 Å². The van der Waals surface area contributed by atoms with Crippen molar-refractivity contribution in [3.05, 3.63) is 17.0 Å². The van der Waals surface area contributed by atoms with E-state index < -0.39 is 0 Å². The van der Waals surface area contributed by atoms with Crippen molar-refractivity contribution in [3.63, 3.8) is 0 Å². The van der Waals surface area contributed by atoms with E-state index in [2.05, 4.69) is 9.97 Å². The summed E-state index contributed by atoms with van der Waals surface area (Å²) >= 11 is 5.73. The van der Waals surface area contributed by atoms with E-state index in [1.807, 2.05) is 31.9 Å². The largest absolute Gasteiger partial charge is 0.394 e. The number of anilines is 1. The molecule has 0 radical (unpaired) electrons. The molecular weight excluding hydrogens is 202 g/mol. The zero-order valence-corrected chi connectivity index (χ0v) is 9.28. The van der Waals surface area contributed by atoms with Crippen LogP contribution in [0.4, 0.5) is 5.82 Å². The molecule has 0 aliphatic carbocycles. The predicted octanol–water partition coefficient (Wildman–Crippen LogP) is 1.26. The third-order valence-corrected chi connectivity index (χ3v) is 2.27. The van der Waals surface area contributed by atoms with Crippen molar-refractivity contribution in [2.45, 2.75) is 19.9 Å². The first-order valence-corrected chi connectivity index (χ1v) is 4.77. The van der Waals surface area contributed by atoms with Crippen molar-refractivity contribution in [2.75, 3.05) is 18.6 Å². The molecule has 1 aromatic heterocycles. The molecule has 14 heavy (non-hydrogen) atoms. The zero-order valence-electron chi connectivity index (χ0n) is 8.53. The Morgan fingerprint density at radius 2 is 2.21 bits per heavy atom. The highest BCUT2D eigenvalue weighted by Gasteiger charge is 2.11. The highest BCUT2D eigenvalue weighted by atomic mass is 35.5. The van der Waals surface area contributed by atoms with Crippen molar-refractivity contribution >= 4 is 17.4 Å². The number of aliphatic hydroxyl groups excluding tert-OH is 1. The Hall–Kier alpha value is -0.870. The Balaban J connectivity index is 2.94. The smallest absolute Gasteiger partial charge is 0.224 e. The van der Waals surface area contributed by atoms with Crippen LogP contribution in [-0.4, -0.2) is 34.8 Å². The second-order valence-electron chi connectivity index (χ2n) is 3.28. The lowest BCUT2D eigenvalue weighted by atomic mass is 10.3. The molecule has 1 unspecified atom stereocenters. The summed E-state index contributed by atoms with van der Waals surface area (Å²) in [7, 11) is 1.86. The highest BCUT2D eigenvalue weighted by Crippen LogP contribution is 2.15. The van der Waals surface area contributed by atoms with Gasteiger partial charge in [-0.15, -0.1) is 0 Å². The monoisotopic (exact) mass is 215 g/mol. The maximum Gasteiger partial charge on any atom is 0.224 e. The van der Waals surface area contributed by atoms with Crippen molar-refractivity contribution < 1.29 is 5.11 Å². The van der Waals surface area contributed by atoms with E-state index in [0.717, 1.165) is 11.5 Å². The summed E-state index contributed by atoms with van der Waals surface area (Å²) in [6.07, 6.45) is 0. The van der Waals surface area contributed by atoms with Gasteiger partial charge in [-0.3, -0.25) is 0 Å². The maximum absolute atomic E-state index is 8.99. The number of aromatic nitrogens is 2. The first kappa shape index (κ1) is 11.2. The number of hydrogen-bond donors (Lipinski definition) is 1. The number of nitrogens with zero attached hydrogens (tertiary/aromatic N) is 3. The Morgan fingerprint density at radius 3 is 2.71 bits per heavy atom. The van der Waals surface area contributed by atoms with Crippen LogP contribution >= 0.6 is 11.6 Å². The van der Waals surface area contributed by atoms with Crippen LogP contribution in [0.3, 0.4) is 0 Å². The lowest BCUT2D eigenvalue weighted by Gasteiger charge is -2.24. The molecule has 1 N–H and O–H groups in total. The summed E-state index contributed by atoms with van der Waals surface area (Å²) in [4.78, 5) is 9.90. The lowest BCUT2D eigenvalue weighted by molar-refractivity contribution is 0.269. The Morgan fingerprint density at radius 1 is 1.57 bits per heavy atom. The minimum absolute atomic E-state index is 0.0142. The molecule has 4 nitrogen and oxygen atoms in total. The molecule has 1 atom stereocenters. The average Bonchev–Trinajstić information content (AvgIpc) is 2.14. The molecule has 78 valence electrons. The summed E-state index contributed by atoms with van der Waals surface area (Å²) in [6.45, 7) is 3.84. The SMILES string of the molecule is Cc1cc(N(C)C(C)CO)nc(Cl)n1. The van der Waals surface area contributed by atoms with E-state index >= 15 is 0 Å². The Kier molecular flexibility index (Phi) is 3.66. The van der Waals surface area contributed by atoms with Gasteiger partial charge < -0.3 is 10.0 Å². The van der Waals surface area contributed by atoms with Crippen LogP contribution in [0.5, 0.6) is 0 Å². The predicted molar refractivity (Wildman–Crippen MR) is 56.7 cm³/mol. The van der Waals surface area contributed by atoms with E-state index in [1.54, 1.807) is 0 Å². The van der Waals surface area contributed by atoms with E-state index in [0.29, 0.717) is 0 Å². The molecule has 0 saturated heterocycles. The van der Waals surface area contributed by atoms with Crippen LogP contribution in [-0.2, 0) is 0 Å². The molecule has 0 aliphatic heterocycles. The second-order valence-corrected chi connectivity index (χ2v) is 3.62. The fourth-order valence-electron chi connectivity index (χ4n) is 1.05. The van der Waals surface area contributed by atoms with Crippen molar-refractivity contribution in [3.8, 4) is 0 Å². The molecular formula is C9H14ClN3O. The summed E-state index contributed by atoms with van der Waals surface area (Å²) < 4.78 is 0. The van der Waals surface area contributed by atoms with Crippen LogP contribution in [0.25, 0.3) is 0 Å². The van der Waals surface area contributed by atoms with Gasteiger partial charge in [0.1, 0.15) is 5.82 Å². The van der Waals surface area contributed by atoms with Gasteiger partial charge in [-0.05, 0) is 25.4 Å². The van der Waals surface area contributed by atoms with E-state index in [9.17, 15) is 0 Å².